The fourth-order valence-electron chi connectivity index (χ4n) is 1.04. The van der Waals surface area contributed by atoms with E-state index in [-0.39, 0.29) is 5.69 Å². The first-order valence-corrected chi connectivity index (χ1v) is 3.85. The molecule has 0 bridgehead atoms. The number of aryl methyl sites for hydroxylation is 1. The summed E-state index contributed by atoms with van der Waals surface area (Å²) in [6.45, 7) is 0. The molecule has 6 heteroatoms. The van der Waals surface area contributed by atoms with E-state index in [2.05, 4.69) is 10.1 Å². The summed E-state index contributed by atoms with van der Waals surface area (Å²) in [5.74, 6) is -0.765. The molecule has 0 spiro atoms. The quantitative estimate of drug-likeness (QED) is 0.761. The summed E-state index contributed by atoms with van der Waals surface area (Å²) >= 11 is 0. The lowest BCUT2D eigenvalue weighted by Gasteiger charge is -1.83. The van der Waals surface area contributed by atoms with Gasteiger partial charge in [0.15, 0.2) is 11.5 Å². The van der Waals surface area contributed by atoms with Gasteiger partial charge in [0.1, 0.15) is 5.69 Å². The number of nitrogens with zero attached hydrogens (tertiary/aromatic N) is 3. The maximum atomic E-state index is 10.5. The molecule has 0 aliphatic heterocycles. The van der Waals surface area contributed by atoms with E-state index in [1.54, 1.807) is 17.1 Å². The zero-order valence-corrected chi connectivity index (χ0v) is 7.34. The number of aromatic nitrogens is 3. The zero-order chi connectivity index (χ0) is 10.1. The highest BCUT2D eigenvalue weighted by Crippen LogP contribution is 2.17. The van der Waals surface area contributed by atoms with Crippen LogP contribution in [0.3, 0.4) is 0 Å². The minimum Gasteiger partial charge on any atom is -0.476 e. The van der Waals surface area contributed by atoms with Crippen molar-refractivity contribution in [3.05, 3.63) is 24.3 Å². The van der Waals surface area contributed by atoms with Gasteiger partial charge >= 0.3 is 5.97 Å². The van der Waals surface area contributed by atoms with E-state index in [1.807, 2.05) is 7.05 Å². The first kappa shape index (κ1) is 8.49. The lowest BCUT2D eigenvalue weighted by atomic mass is 10.3. The lowest BCUT2D eigenvalue weighted by molar-refractivity contribution is 0.0686. The number of imidazole rings is 1. The summed E-state index contributed by atoms with van der Waals surface area (Å²) in [6.07, 6.45) is 3.31. The molecule has 0 saturated carbocycles. The summed E-state index contributed by atoms with van der Waals surface area (Å²) in [4.78, 5) is 14.5. The highest BCUT2D eigenvalue weighted by atomic mass is 16.5. The first-order valence-electron chi connectivity index (χ1n) is 3.85. The van der Waals surface area contributed by atoms with Crippen LogP contribution < -0.4 is 0 Å². The third-order valence-electron chi connectivity index (χ3n) is 1.69. The van der Waals surface area contributed by atoms with Crippen LogP contribution >= 0.6 is 0 Å². The molecule has 14 heavy (non-hydrogen) atoms. The first-order chi connectivity index (χ1) is 6.66. The predicted molar refractivity (Wildman–Crippen MR) is 45.7 cm³/mol. The Hall–Kier alpha value is -2.11. The maximum absolute atomic E-state index is 10.5. The van der Waals surface area contributed by atoms with Crippen molar-refractivity contribution in [3.8, 4) is 11.5 Å². The zero-order valence-electron chi connectivity index (χ0n) is 7.34. The van der Waals surface area contributed by atoms with Gasteiger partial charge < -0.3 is 14.2 Å². The molecule has 2 rings (SSSR count). The number of aromatic carboxylic acids is 1. The largest absolute Gasteiger partial charge is 0.476 e. The van der Waals surface area contributed by atoms with Gasteiger partial charge in [-0.15, -0.1) is 0 Å². The molecule has 0 aromatic carbocycles. The number of hydrogen-bond donors (Lipinski definition) is 1. The number of carboxylic acid groups (broad SMARTS) is 1. The van der Waals surface area contributed by atoms with Crippen LogP contribution in [0, 0.1) is 0 Å². The Bertz CT molecular complexity index is 472. The molecule has 1 N–H and O–H groups in total. The molecule has 0 aliphatic rings. The molecular weight excluding hydrogens is 186 g/mol. The second kappa shape index (κ2) is 2.99. The number of hydrogen-bond acceptors (Lipinski definition) is 4. The fourth-order valence-corrected chi connectivity index (χ4v) is 1.04. The predicted octanol–water partition coefficient (Wildman–Crippen LogP) is 0.773. The van der Waals surface area contributed by atoms with Crippen LogP contribution in [0.25, 0.3) is 11.5 Å². The molecule has 0 radical (unpaired) electrons. The van der Waals surface area contributed by atoms with E-state index in [4.69, 9.17) is 9.63 Å². The van der Waals surface area contributed by atoms with Gasteiger partial charge in [-0.1, -0.05) is 5.16 Å². The van der Waals surface area contributed by atoms with Gasteiger partial charge in [-0.2, -0.15) is 0 Å². The summed E-state index contributed by atoms with van der Waals surface area (Å²) in [7, 11) is 1.81. The number of carbonyl (C=O) groups is 1. The second-order valence-electron chi connectivity index (χ2n) is 2.81. The van der Waals surface area contributed by atoms with Crippen LogP contribution in [0.2, 0.25) is 0 Å². The monoisotopic (exact) mass is 193 g/mol. The van der Waals surface area contributed by atoms with Crippen molar-refractivity contribution < 1.29 is 14.4 Å². The van der Waals surface area contributed by atoms with Crippen molar-refractivity contribution in [1.82, 2.24) is 14.7 Å². The molecule has 2 heterocycles. The molecule has 2 aromatic heterocycles. The van der Waals surface area contributed by atoms with Gasteiger partial charge in [0.2, 0.25) is 0 Å². The Morgan fingerprint density at radius 1 is 1.64 bits per heavy atom. The summed E-state index contributed by atoms with van der Waals surface area (Å²) in [6, 6.07) is 1.34. The molecule has 0 unspecified atom stereocenters. The molecule has 6 nitrogen and oxygen atoms in total. The van der Waals surface area contributed by atoms with E-state index in [0.29, 0.717) is 11.5 Å². The van der Waals surface area contributed by atoms with Crippen molar-refractivity contribution in [1.29, 1.82) is 0 Å². The fraction of sp³-hybridized carbons (Fsp3) is 0.125. The molecule has 0 saturated heterocycles. The Kier molecular flexibility index (Phi) is 1.81. The summed E-state index contributed by atoms with van der Waals surface area (Å²) < 4.78 is 6.55. The highest BCUT2D eigenvalue weighted by Gasteiger charge is 2.13. The normalized spacial score (nSPS) is 10.4. The van der Waals surface area contributed by atoms with Gasteiger partial charge in [0, 0.05) is 19.3 Å². The topological polar surface area (TPSA) is 81.2 Å². The minimum atomic E-state index is -1.11. The smallest absolute Gasteiger partial charge is 0.358 e. The van der Waals surface area contributed by atoms with Crippen LogP contribution in [0.15, 0.2) is 23.1 Å². The molecule has 0 amide bonds. The van der Waals surface area contributed by atoms with Crippen molar-refractivity contribution in [2.45, 2.75) is 0 Å². The van der Waals surface area contributed by atoms with Crippen LogP contribution in [0.4, 0.5) is 0 Å². The molecule has 72 valence electrons. The Morgan fingerprint density at radius 2 is 2.43 bits per heavy atom. The van der Waals surface area contributed by atoms with Crippen LogP contribution in [-0.2, 0) is 7.05 Å². The van der Waals surface area contributed by atoms with Crippen LogP contribution in [-0.4, -0.2) is 25.8 Å². The summed E-state index contributed by atoms with van der Waals surface area (Å²) in [5.41, 5.74) is 0.443. The minimum absolute atomic E-state index is 0.120. The lowest BCUT2D eigenvalue weighted by Crippen LogP contribution is -1.94. The summed E-state index contributed by atoms with van der Waals surface area (Å²) in [5, 5.41) is 12.0. The molecular formula is C8H7N3O3. The van der Waals surface area contributed by atoms with Gasteiger partial charge in [0.25, 0.3) is 0 Å². The van der Waals surface area contributed by atoms with Crippen molar-refractivity contribution in [3.63, 3.8) is 0 Å². The van der Waals surface area contributed by atoms with E-state index in [9.17, 15) is 4.79 Å². The van der Waals surface area contributed by atoms with Gasteiger partial charge in [-0.05, 0) is 0 Å². The van der Waals surface area contributed by atoms with Gasteiger partial charge in [-0.25, -0.2) is 9.78 Å². The molecule has 0 fully saturated rings. The number of carboxylic acids is 1. The number of rotatable bonds is 2. The Balaban J connectivity index is 2.38. The molecule has 0 atom stereocenters. The standard InChI is InChI=1S/C8H7N3O3/c1-11-3-6(9-4-11)7-2-5(8(12)13)10-14-7/h2-4H,1H3,(H,12,13). The Labute approximate surface area is 78.8 Å². The van der Waals surface area contributed by atoms with E-state index in [1.165, 1.54) is 6.07 Å². The Morgan fingerprint density at radius 3 is 2.93 bits per heavy atom. The van der Waals surface area contributed by atoms with Crippen LogP contribution in [0.1, 0.15) is 10.5 Å². The average molecular weight is 193 g/mol. The molecule has 2 aromatic rings. The van der Waals surface area contributed by atoms with E-state index >= 15 is 0 Å². The van der Waals surface area contributed by atoms with Crippen molar-refractivity contribution in [2.75, 3.05) is 0 Å². The van der Waals surface area contributed by atoms with Crippen LogP contribution in [0.5, 0.6) is 0 Å². The SMILES string of the molecule is Cn1cnc(-c2cc(C(=O)O)no2)c1. The van der Waals surface area contributed by atoms with Gasteiger partial charge in [-0.3, -0.25) is 0 Å². The second-order valence-corrected chi connectivity index (χ2v) is 2.81. The third-order valence-corrected chi connectivity index (χ3v) is 1.69. The van der Waals surface area contributed by atoms with E-state index in [0.717, 1.165) is 0 Å². The highest BCUT2D eigenvalue weighted by molar-refractivity contribution is 5.86. The van der Waals surface area contributed by atoms with Crippen molar-refractivity contribution >= 4 is 5.97 Å². The third kappa shape index (κ3) is 1.37. The molecule has 0 aliphatic carbocycles. The maximum Gasteiger partial charge on any atom is 0.358 e. The average Bonchev–Trinajstić information content (AvgIpc) is 2.70. The van der Waals surface area contributed by atoms with Crippen molar-refractivity contribution in [2.24, 2.45) is 7.05 Å². The van der Waals surface area contributed by atoms with E-state index < -0.39 is 5.97 Å². The van der Waals surface area contributed by atoms with Gasteiger partial charge in [0.05, 0.1) is 6.33 Å².